The van der Waals surface area contributed by atoms with Gasteiger partial charge in [0.25, 0.3) is 0 Å². The second-order valence-electron chi connectivity index (χ2n) is 3.76. The number of aromatic nitrogens is 2. The molecule has 0 atom stereocenters. The van der Waals surface area contributed by atoms with Crippen molar-refractivity contribution in [1.82, 2.24) is 15.3 Å². The summed E-state index contributed by atoms with van der Waals surface area (Å²) in [4.78, 5) is 8.78. The van der Waals surface area contributed by atoms with E-state index in [1.54, 1.807) is 0 Å². The van der Waals surface area contributed by atoms with Crippen LogP contribution in [0.3, 0.4) is 0 Å². The molecule has 2 rings (SSSR count). The van der Waals surface area contributed by atoms with Crippen LogP contribution in [-0.2, 0) is 12.3 Å². The van der Waals surface area contributed by atoms with Crippen LogP contribution in [0, 0.1) is 0 Å². The molecule has 1 aliphatic rings. The maximum atomic E-state index is 4.52. The monoisotopic (exact) mass is 223 g/mol. The lowest BCUT2D eigenvalue weighted by molar-refractivity contribution is 0.670. The molecule has 0 unspecified atom stereocenters. The fourth-order valence-electron chi connectivity index (χ4n) is 1.34. The van der Waals surface area contributed by atoms with Gasteiger partial charge in [0.15, 0.2) is 0 Å². The highest BCUT2D eigenvalue weighted by atomic mass is 32.2. The second-order valence-corrected chi connectivity index (χ2v) is 5.03. The summed E-state index contributed by atoms with van der Waals surface area (Å²) in [5.74, 6) is 3.00. The summed E-state index contributed by atoms with van der Waals surface area (Å²) < 4.78 is 0. The standard InChI is InChI=1S/C11H17N3S/c1-2-15-8-11-12-6-5-10(14-11)7-13-9-3-4-9/h5-6,9,13H,2-4,7-8H2,1H3. The topological polar surface area (TPSA) is 37.8 Å². The van der Waals surface area contributed by atoms with Crippen LogP contribution in [0.1, 0.15) is 31.3 Å². The van der Waals surface area contributed by atoms with E-state index in [1.807, 2.05) is 24.0 Å². The van der Waals surface area contributed by atoms with Gasteiger partial charge in [-0.2, -0.15) is 11.8 Å². The molecule has 0 bridgehead atoms. The maximum Gasteiger partial charge on any atom is 0.138 e. The minimum Gasteiger partial charge on any atom is -0.308 e. The average molecular weight is 223 g/mol. The van der Waals surface area contributed by atoms with Crippen molar-refractivity contribution in [1.29, 1.82) is 0 Å². The quantitative estimate of drug-likeness (QED) is 0.800. The van der Waals surface area contributed by atoms with E-state index < -0.39 is 0 Å². The normalized spacial score (nSPS) is 15.5. The van der Waals surface area contributed by atoms with Gasteiger partial charge >= 0.3 is 0 Å². The fourth-order valence-corrected chi connectivity index (χ4v) is 1.86. The third-order valence-electron chi connectivity index (χ3n) is 2.35. The van der Waals surface area contributed by atoms with Crippen molar-refractivity contribution in [3.8, 4) is 0 Å². The SMILES string of the molecule is CCSCc1nccc(CNC2CC2)n1. The molecule has 15 heavy (non-hydrogen) atoms. The lowest BCUT2D eigenvalue weighted by atomic mass is 10.4. The van der Waals surface area contributed by atoms with Crippen LogP contribution in [0.5, 0.6) is 0 Å². The smallest absolute Gasteiger partial charge is 0.138 e. The van der Waals surface area contributed by atoms with Crippen LogP contribution in [0.25, 0.3) is 0 Å². The second kappa shape index (κ2) is 5.47. The number of rotatable bonds is 6. The third-order valence-corrected chi connectivity index (χ3v) is 3.22. The highest BCUT2D eigenvalue weighted by molar-refractivity contribution is 7.98. The summed E-state index contributed by atoms with van der Waals surface area (Å²) in [5.41, 5.74) is 1.11. The van der Waals surface area contributed by atoms with E-state index in [1.165, 1.54) is 12.8 Å². The third kappa shape index (κ3) is 3.80. The van der Waals surface area contributed by atoms with Gasteiger partial charge in [0.1, 0.15) is 5.82 Å². The van der Waals surface area contributed by atoms with Gasteiger partial charge in [0, 0.05) is 18.8 Å². The molecular weight excluding hydrogens is 206 g/mol. The van der Waals surface area contributed by atoms with Crippen molar-refractivity contribution in [3.05, 3.63) is 23.8 Å². The first kappa shape index (κ1) is 10.9. The van der Waals surface area contributed by atoms with Gasteiger partial charge in [-0.25, -0.2) is 9.97 Å². The fraction of sp³-hybridized carbons (Fsp3) is 0.636. The highest BCUT2D eigenvalue weighted by Gasteiger charge is 2.20. The molecule has 3 nitrogen and oxygen atoms in total. The molecule has 0 saturated heterocycles. The van der Waals surface area contributed by atoms with Crippen molar-refractivity contribution < 1.29 is 0 Å². The molecule has 82 valence electrons. The van der Waals surface area contributed by atoms with Crippen LogP contribution in [0.2, 0.25) is 0 Å². The number of nitrogens with one attached hydrogen (secondary N) is 1. The Morgan fingerprint density at radius 3 is 3.13 bits per heavy atom. The molecule has 0 radical (unpaired) electrons. The molecule has 0 aliphatic heterocycles. The Bertz CT molecular complexity index is 312. The first-order valence-corrected chi connectivity index (χ1v) is 6.66. The number of hydrogen-bond donors (Lipinski definition) is 1. The molecule has 4 heteroatoms. The average Bonchev–Trinajstić information content (AvgIpc) is 3.08. The molecule has 0 spiro atoms. The molecule has 0 amide bonds. The molecular formula is C11H17N3S. The Morgan fingerprint density at radius 2 is 2.40 bits per heavy atom. The summed E-state index contributed by atoms with van der Waals surface area (Å²) in [7, 11) is 0. The molecule has 0 aromatic carbocycles. The molecule has 1 heterocycles. The number of hydrogen-bond acceptors (Lipinski definition) is 4. The Kier molecular flexibility index (Phi) is 3.97. The zero-order valence-electron chi connectivity index (χ0n) is 9.07. The first-order chi connectivity index (χ1) is 7.38. The molecule has 1 N–H and O–H groups in total. The van der Waals surface area contributed by atoms with E-state index in [9.17, 15) is 0 Å². The van der Waals surface area contributed by atoms with Crippen molar-refractivity contribution in [2.75, 3.05) is 5.75 Å². The Balaban J connectivity index is 1.85. The van der Waals surface area contributed by atoms with Gasteiger partial charge in [-0.05, 0) is 24.7 Å². The maximum absolute atomic E-state index is 4.52. The van der Waals surface area contributed by atoms with Gasteiger partial charge in [-0.3, -0.25) is 0 Å². The van der Waals surface area contributed by atoms with E-state index >= 15 is 0 Å². The first-order valence-electron chi connectivity index (χ1n) is 5.50. The molecule has 1 aromatic heterocycles. The Hall–Kier alpha value is -0.610. The van der Waals surface area contributed by atoms with E-state index in [-0.39, 0.29) is 0 Å². The minimum absolute atomic E-state index is 0.744. The molecule has 1 fully saturated rings. The number of nitrogens with zero attached hydrogens (tertiary/aromatic N) is 2. The van der Waals surface area contributed by atoms with E-state index in [0.717, 1.165) is 35.6 Å². The van der Waals surface area contributed by atoms with Crippen LogP contribution < -0.4 is 5.32 Å². The van der Waals surface area contributed by atoms with Crippen LogP contribution in [0.15, 0.2) is 12.3 Å². The predicted molar refractivity (Wildman–Crippen MR) is 63.7 cm³/mol. The molecule has 1 saturated carbocycles. The van der Waals surface area contributed by atoms with Crippen molar-refractivity contribution >= 4 is 11.8 Å². The predicted octanol–water partition coefficient (Wildman–Crippen LogP) is 1.98. The van der Waals surface area contributed by atoms with Gasteiger partial charge in [-0.1, -0.05) is 6.92 Å². The van der Waals surface area contributed by atoms with Gasteiger partial charge < -0.3 is 5.32 Å². The lowest BCUT2D eigenvalue weighted by Gasteiger charge is -2.04. The Morgan fingerprint density at radius 1 is 1.53 bits per heavy atom. The summed E-state index contributed by atoms with van der Waals surface area (Å²) >= 11 is 1.86. The largest absolute Gasteiger partial charge is 0.308 e. The van der Waals surface area contributed by atoms with Crippen LogP contribution >= 0.6 is 11.8 Å². The minimum atomic E-state index is 0.744. The summed E-state index contributed by atoms with van der Waals surface area (Å²) in [6.07, 6.45) is 4.51. The van der Waals surface area contributed by atoms with Gasteiger partial charge in [0.05, 0.1) is 11.4 Å². The summed E-state index contributed by atoms with van der Waals surface area (Å²) in [6, 6.07) is 2.74. The van der Waals surface area contributed by atoms with Crippen LogP contribution in [0.4, 0.5) is 0 Å². The van der Waals surface area contributed by atoms with Crippen molar-refractivity contribution in [2.45, 2.75) is 38.1 Å². The van der Waals surface area contributed by atoms with Crippen LogP contribution in [-0.4, -0.2) is 21.8 Å². The zero-order valence-corrected chi connectivity index (χ0v) is 9.89. The molecule has 1 aromatic rings. The lowest BCUT2D eigenvalue weighted by Crippen LogP contribution is -2.16. The number of thioether (sulfide) groups is 1. The van der Waals surface area contributed by atoms with Crippen molar-refractivity contribution in [3.63, 3.8) is 0 Å². The van der Waals surface area contributed by atoms with E-state index in [2.05, 4.69) is 22.2 Å². The van der Waals surface area contributed by atoms with Gasteiger partial charge in [0.2, 0.25) is 0 Å². The summed E-state index contributed by atoms with van der Waals surface area (Å²) in [5, 5.41) is 3.46. The van der Waals surface area contributed by atoms with Gasteiger partial charge in [-0.15, -0.1) is 0 Å². The van der Waals surface area contributed by atoms with Crippen molar-refractivity contribution in [2.24, 2.45) is 0 Å². The summed E-state index contributed by atoms with van der Waals surface area (Å²) in [6.45, 7) is 3.04. The molecule has 1 aliphatic carbocycles. The van der Waals surface area contributed by atoms with E-state index in [0.29, 0.717) is 0 Å². The zero-order chi connectivity index (χ0) is 10.5. The highest BCUT2D eigenvalue weighted by Crippen LogP contribution is 2.19. The van der Waals surface area contributed by atoms with E-state index in [4.69, 9.17) is 0 Å². The Labute approximate surface area is 95.1 Å².